The fraction of sp³-hybridized carbons (Fsp3) is 0.462. The number of aryl methyl sites for hydroxylation is 2. The Kier molecular flexibility index (Phi) is 4.50. The second-order valence-corrected chi connectivity index (χ2v) is 3.85. The van der Waals surface area contributed by atoms with Crippen LogP contribution in [-0.4, -0.2) is 18.9 Å². The van der Waals surface area contributed by atoms with Gasteiger partial charge in [-0.3, -0.25) is 4.79 Å². The van der Waals surface area contributed by atoms with E-state index in [1.807, 2.05) is 32.9 Å². The van der Waals surface area contributed by atoms with Crippen LogP contribution in [0.15, 0.2) is 18.2 Å². The van der Waals surface area contributed by atoms with Crippen molar-refractivity contribution in [2.24, 2.45) is 0 Å². The fourth-order valence-corrected chi connectivity index (χ4v) is 1.64. The van der Waals surface area contributed by atoms with Crippen molar-refractivity contribution >= 4 is 5.78 Å². The maximum Gasteiger partial charge on any atom is 0.164 e. The quantitative estimate of drug-likeness (QED) is 0.591. The van der Waals surface area contributed by atoms with Gasteiger partial charge in [-0.1, -0.05) is 30.7 Å². The van der Waals surface area contributed by atoms with Crippen LogP contribution in [0.3, 0.4) is 0 Å². The molecule has 0 fully saturated rings. The van der Waals surface area contributed by atoms with Crippen molar-refractivity contribution in [2.45, 2.75) is 27.2 Å². The van der Waals surface area contributed by atoms with Crippen molar-refractivity contribution in [1.29, 1.82) is 0 Å². The zero-order valence-electron chi connectivity index (χ0n) is 9.76. The van der Waals surface area contributed by atoms with Crippen molar-refractivity contribution in [3.63, 3.8) is 0 Å². The molecule has 2 nitrogen and oxygen atoms in total. The first kappa shape index (κ1) is 11.9. The summed E-state index contributed by atoms with van der Waals surface area (Å²) in [6.07, 6.45) is 0.581. The largest absolute Gasteiger partial charge is 0.317 e. The minimum Gasteiger partial charge on any atom is -0.317 e. The first-order valence-corrected chi connectivity index (χ1v) is 5.46. The van der Waals surface area contributed by atoms with Gasteiger partial charge < -0.3 is 5.32 Å². The van der Waals surface area contributed by atoms with Crippen LogP contribution in [-0.2, 0) is 0 Å². The van der Waals surface area contributed by atoms with Crippen LogP contribution in [0.4, 0.5) is 0 Å². The van der Waals surface area contributed by atoms with E-state index in [0.29, 0.717) is 6.42 Å². The summed E-state index contributed by atoms with van der Waals surface area (Å²) in [5.41, 5.74) is 3.14. The van der Waals surface area contributed by atoms with E-state index in [-0.39, 0.29) is 5.78 Å². The Balaban J connectivity index is 2.65. The van der Waals surface area contributed by atoms with Crippen LogP contribution in [0.25, 0.3) is 0 Å². The Morgan fingerprint density at radius 2 is 2.07 bits per heavy atom. The Morgan fingerprint density at radius 3 is 2.67 bits per heavy atom. The number of carbonyl (C=O) groups excluding carboxylic acids is 1. The molecular formula is C13H19NO. The normalized spacial score (nSPS) is 10.3. The molecule has 1 aromatic carbocycles. The summed E-state index contributed by atoms with van der Waals surface area (Å²) in [5.74, 6) is 0.230. The van der Waals surface area contributed by atoms with E-state index >= 15 is 0 Å². The maximum atomic E-state index is 11.8. The number of rotatable bonds is 5. The maximum absolute atomic E-state index is 11.8. The van der Waals surface area contributed by atoms with Gasteiger partial charge in [0, 0.05) is 18.5 Å². The first-order chi connectivity index (χ1) is 7.15. The van der Waals surface area contributed by atoms with E-state index in [2.05, 4.69) is 11.4 Å². The van der Waals surface area contributed by atoms with Gasteiger partial charge in [-0.15, -0.1) is 0 Å². The molecule has 0 aromatic heterocycles. The lowest BCUT2D eigenvalue weighted by molar-refractivity contribution is 0.0982. The SMILES string of the molecule is CCNCCC(=O)c1ccc(C)cc1C. The van der Waals surface area contributed by atoms with Gasteiger partial charge in [-0.05, 0) is 26.0 Å². The number of benzene rings is 1. The minimum absolute atomic E-state index is 0.230. The molecule has 0 aliphatic heterocycles. The molecule has 0 spiro atoms. The van der Waals surface area contributed by atoms with Gasteiger partial charge in [-0.25, -0.2) is 0 Å². The van der Waals surface area contributed by atoms with Crippen LogP contribution in [0.1, 0.15) is 34.8 Å². The van der Waals surface area contributed by atoms with E-state index in [1.54, 1.807) is 0 Å². The molecule has 0 aliphatic rings. The molecule has 2 heteroatoms. The zero-order chi connectivity index (χ0) is 11.3. The third-order valence-electron chi connectivity index (χ3n) is 2.46. The number of nitrogens with one attached hydrogen (secondary N) is 1. The van der Waals surface area contributed by atoms with Gasteiger partial charge in [0.05, 0.1) is 0 Å². The van der Waals surface area contributed by atoms with E-state index in [1.165, 1.54) is 5.56 Å². The van der Waals surface area contributed by atoms with E-state index in [4.69, 9.17) is 0 Å². The molecule has 0 heterocycles. The predicted octanol–water partition coefficient (Wildman–Crippen LogP) is 2.49. The third kappa shape index (κ3) is 3.48. The van der Waals surface area contributed by atoms with Gasteiger partial charge >= 0.3 is 0 Å². The molecule has 0 amide bonds. The molecular weight excluding hydrogens is 186 g/mol. The van der Waals surface area contributed by atoms with Crippen LogP contribution in [0.5, 0.6) is 0 Å². The van der Waals surface area contributed by atoms with E-state index in [9.17, 15) is 4.79 Å². The van der Waals surface area contributed by atoms with Crippen molar-refractivity contribution in [2.75, 3.05) is 13.1 Å². The lowest BCUT2D eigenvalue weighted by atomic mass is 10.0. The van der Waals surface area contributed by atoms with Gasteiger partial charge in [0.1, 0.15) is 0 Å². The summed E-state index contributed by atoms with van der Waals surface area (Å²) in [6, 6.07) is 5.98. The summed E-state index contributed by atoms with van der Waals surface area (Å²) < 4.78 is 0. The minimum atomic E-state index is 0.230. The molecule has 1 aromatic rings. The highest BCUT2D eigenvalue weighted by Crippen LogP contribution is 2.12. The summed E-state index contributed by atoms with van der Waals surface area (Å²) in [4.78, 5) is 11.8. The molecule has 0 saturated heterocycles. The highest BCUT2D eigenvalue weighted by atomic mass is 16.1. The second kappa shape index (κ2) is 5.66. The topological polar surface area (TPSA) is 29.1 Å². The standard InChI is InChI=1S/C13H19NO/c1-4-14-8-7-13(15)12-6-5-10(2)9-11(12)3/h5-6,9,14H,4,7-8H2,1-3H3. The lowest BCUT2D eigenvalue weighted by Gasteiger charge is -2.06. The van der Waals surface area contributed by atoms with Gasteiger partial charge in [0.2, 0.25) is 0 Å². The number of ketones is 1. The fourth-order valence-electron chi connectivity index (χ4n) is 1.64. The third-order valence-corrected chi connectivity index (χ3v) is 2.46. The average Bonchev–Trinajstić information content (AvgIpc) is 2.17. The van der Waals surface area contributed by atoms with Crippen LogP contribution >= 0.6 is 0 Å². The number of carbonyl (C=O) groups is 1. The van der Waals surface area contributed by atoms with E-state index < -0.39 is 0 Å². The highest BCUT2D eigenvalue weighted by Gasteiger charge is 2.07. The summed E-state index contributed by atoms with van der Waals surface area (Å²) in [6.45, 7) is 7.76. The van der Waals surface area contributed by atoms with Gasteiger partial charge in [-0.2, -0.15) is 0 Å². The molecule has 0 saturated carbocycles. The Bertz CT molecular complexity index is 344. The average molecular weight is 205 g/mol. The Hall–Kier alpha value is -1.15. The van der Waals surface area contributed by atoms with Crippen LogP contribution in [0, 0.1) is 13.8 Å². The van der Waals surface area contributed by atoms with Crippen LogP contribution in [0.2, 0.25) is 0 Å². The Labute approximate surface area is 91.7 Å². The van der Waals surface area contributed by atoms with Crippen LogP contribution < -0.4 is 5.32 Å². The van der Waals surface area contributed by atoms with Gasteiger partial charge in [0.25, 0.3) is 0 Å². The number of Topliss-reactive ketones (excluding diaryl/α,β-unsaturated/α-hetero) is 1. The monoisotopic (exact) mass is 205 g/mol. The molecule has 0 aliphatic carbocycles. The van der Waals surface area contributed by atoms with Crippen molar-refractivity contribution in [3.8, 4) is 0 Å². The molecule has 0 radical (unpaired) electrons. The molecule has 0 atom stereocenters. The Morgan fingerprint density at radius 1 is 1.33 bits per heavy atom. The molecule has 1 N–H and O–H groups in total. The smallest absolute Gasteiger partial charge is 0.164 e. The molecule has 82 valence electrons. The first-order valence-electron chi connectivity index (χ1n) is 5.46. The predicted molar refractivity (Wildman–Crippen MR) is 63.4 cm³/mol. The van der Waals surface area contributed by atoms with E-state index in [0.717, 1.165) is 24.2 Å². The number of hydrogen-bond acceptors (Lipinski definition) is 2. The van der Waals surface area contributed by atoms with Crippen molar-refractivity contribution in [3.05, 3.63) is 34.9 Å². The zero-order valence-corrected chi connectivity index (χ0v) is 9.76. The molecule has 1 rings (SSSR count). The summed E-state index contributed by atoms with van der Waals surface area (Å²) in [5, 5.41) is 3.16. The number of hydrogen-bond donors (Lipinski definition) is 1. The lowest BCUT2D eigenvalue weighted by Crippen LogP contribution is -2.17. The second-order valence-electron chi connectivity index (χ2n) is 3.85. The molecule has 0 bridgehead atoms. The summed E-state index contributed by atoms with van der Waals surface area (Å²) >= 11 is 0. The van der Waals surface area contributed by atoms with Crippen molar-refractivity contribution in [1.82, 2.24) is 5.32 Å². The van der Waals surface area contributed by atoms with Crippen molar-refractivity contribution < 1.29 is 4.79 Å². The summed E-state index contributed by atoms with van der Waals surface area (Å²) in [7, 11) is 0. The highest BCUT2D eigenvalue weighted by molar-refractivity contribution is 5.97. The van der Waals surface area contributed by atoms with Gasteiger partial charge in [0.15, 0.2) is 5.78 Å². The molecule has 0 unspecified atom stereocenters. The molecule has 15 heavy (non-hydrogen) atoms.